The third-order valence-corrected chi connectivity index (χ3v) is 4.76. The van der Waals surface area contributed by atoms with Crippen molar-refractivity contribution in [3.63, 3.8) is 0 Å². The SMILES string of the molecule is CC(C)Nc1cc(N2CCN(c3ccccn3)CC2)nc(-c2ccccc2)n1. The lowest BCUT2D eigenvalue weighted by atomic mass is 10.2. The van der Waals surface area contributed by atoms with Crippen LogP contribution >= 0.6 is 0 Å². The van der Waals surface area contributed by atoms with Gasteiger partial charge in [0, 0.05) is 50.0 Å². The summed E-state index contributed by atoms with van der Waals surface area (Å²) < 4.78 is 0. The molecule has 1 aromatic carbocycles. The number of benzene rings is 1. The number of nitrogens with one attached hydrogen (secondary N) is 1. The number of rotatable bonds is 5. The van der Waals surface area contributed by atoms with E-state index in [9.17, 15) is 0 Å². The molecule has 0 aliphatic carbocycles. The minimum atomic E-state index is 0.312. The van der Waals surface area contributed by atoms with Crippen molar-refractivity contribution in [2.24, 2.45) is 0 Å². The zero-order valence-corrected chi connectivity index (χ0v) is 16.4. The Morgan fingerprint density at radius 3 is 2.14 bits per heavy atom. The van der Waals surface area contributed by atoms with Crippen LogP contribution in [0.25, 0.3) is 11.4 Å². The predicted molar refractivity (Wildman–Crippen MR) is 115 cm³/mol. The van der Waals surface area contributed by atoms with Crippen LogP contribution in [-0.2, 0) is 0 Å². The van der Waals surface area contributed by atoms with E-state index in [4.69, 9.17) is 9.97 Å². The van der Waals surface area contributed by atoms with Gasteiger partial charge in [-0.05, 0) is 26.0 Å². The van der Waals surface area contributed by atoms with E-state index in [0.717, 1.165) is 55.0 Å². The lowest BCUT2D eigenvalue weighted by molar-refractivity contribution is 0.641. The monoisotopic (exact) mass is 374 g/mol. The molecule has 1 N–H and O–H groups in total. The van der Waals surface area contributed by atoms with Crippen LogP contribution in [-0.4, -0.2) is 47.2 Å². The fourth-order valence-electron chi connectivity index (χ4n) is 3.39. The molecule has 28 heavy (non-hydrogen) atoms. The van der Waals surface area contributed by atoms with E-state index in [1.165, 1.54) is 0 Å². The molecule has 0 bridgehead atoms. The van der Waals surface area contributed by atoms with Crippen molar-refractivity contribution in [3.05, 3.63) is 60.8 Å². The van der Waals surface area contributed by atoms with Crippen molar-refractivity contribution < 1.29 is 0 Å². The van der Waals surface area contributed by atoms with Gasteiger partial charge in [-0.2, -0.15) is 0 Å². The van der Waals surface area contributed by atoms with Crippen molar-refractivity contribution in [3.8, 4) is 11.4 Å². The van der Waals surface area contributed by atoms with Gasteiger partial charge in [0.2, 0.25) is 0 Å². The first-order valence-electron chi connectivity index (χ1n) is 9.81. The Morgan fingerprint density at radius 2 is 1.50 bits per heavy atom. The molecule has 3 aromatic rings. The summed E-state index contributed by atoms with van der Waals surface area (Å²) in [6, 6.07) is 18.6. The van der Waals surface area contributed by atoms with Crippen LogP contribution in [0.4, 0.5) is 17.5 Å². The number of hydrogen-bond donors (Lipinski definition) is 1. The highest BCUT2D eigenvalue weighted by Gasteiger charge is 2.20. The first-order chi connectivity index (χ1) is 13.7. The minimum absolute atomic E-state index is 0.312. The summed E-state index contributed by atoms with van der Waals surface area (Å²) in [5, 5.41) is 3.43. The summed E-state index contributed by atoms with van der Waals surface area (Å²) in [7, 11) is 0. The molecule has 0 amide bonds. The summed E-state index contributed by atoms with van der Waals surface area (Å²) >= 11 is 0. The van der Waals surface area contributed by atoms with Crippen molar-refractivity contribution in [1.82, 2.24) is 15.0 Å². The maximum Gasteiger partial charge on any atom is 0.163 e. The Labute approximate surface area is 166 Å². The highest BCUT2D eigenvalue weighted by Crippen LogP contribution is 2.24. The van der Waals surface area contributed by atoms with E-state index in [1.807, 2.05) is 36.5 Å². The average molecular weight is 374 g/mol. The first kappa shape index (κ1) is 18.2. The smallest absolute Gasteiger partial charge is 0.163 e. The quantitative estimate of drug-likeness (QED) is 0.735. The molecule has 1 aliphatic heterocycles. The molecule has 0 unspecified atom stereocenters. The number of nitrogens with zero attached hydrogens (tertiary/aromatic N) is 5. The fourth-order valence-corrected chi connectivity index (χ4v) is 3.39. The van der Waals surface area contributed by atoms with Gasteiger partial charge in [-0.1, -0.05) is 36.4 Å². The van der Waals surface area contributed by atoms with E-state index >= 15 is 0 Å². The number of hydrogen-bond acceptors (Lipinski definition) is 6. The van der Waals surface area contributed by atoms with Crippen LogP contribution in [0, 0.1) is 0 Å². The van der Waals surface area contributed by atoms with Crippen LogP contribution in [0.1, 0.15) is 13.8 Å². The largest absolute Gasteiger partial charge is 0.368 e. The third-order valence-electron chi connectivity index (χ3n) is 4.76. The van der Waals surface area contributed by atoms with Gasteiger partial charge in [0.15, 0.2) is 5.82 Å². The van der Waals surface area contributed by atoms with E-state index in [0.29, 0.717) is 6.04 Å². The molecular weight excluding hydrogens is 348 g/mol. The zero-order chi connectivity index (χ0) is 19.3. The molecular formula is C22H26N6. The number of aromatic nitrogens is 3. The topological polar surface area (TPSA) is 57.2 Å². The molecule has 144 valence electrons. The number of piperazine rings is 1. The average Bonchev–Trinajstić information content (AvgIpc) is 2.74. The van der Waals surface area contributed by atoms with Gasteiger partial charge in [0.1, 0.15) is 17.5 Å². The van der Waals surface area contributed by atoms with Gasteiger partial charge in [-0.15, -0.1) is 0 Å². The number of pyridine rings is 1. The van der Waals surface area contributed by atoms with Gasteiger partial charge in [0.05, 0.1) is 0 Å². The van der Waals surface area contributed by atoms with Gasteiger partial charge in [-0.25, -0.2) is 15.0 Å². The highest BCUT2D eigenvalue weighted by molar-refractivity contribution is 5.62. The lowest BCUT2D eigenvalue weighted by Crippen LogP contribution is -2.47. The molecule has 1 aliphatic rings. The Morgan fingerprint density at radius 1 is 0.821 bits per heavy atom. The molecule has 0 radical (unpaired) electrons. The summed E-state index contributed by atoms with van der Waals surface area (Å²) in [6.45, 7) is 7.90. The standard InChI is InChI=1S/C22H26N6/c1-17(2)24-19-16-21(26-22(25-19)18-8-4-3-5-9-18)28-14-12-27(13-15-28)20-10-6-7-11-23-20/h3-11,16-17H,12-15H2,1-2H3,(H,24,25,26). The van der Waals surface area contributed by atoms with Crippen LogP contribution in [0.3, 0.4) is 0 Å². The fraction of sp³-hybridized carbons (Fsp3) is 0.318. The van der Waals surface area contributed by atoms with Crippen molar-refractivity contribution in [2.45, 2.75) is 19.9 Å². The second kappa shape index (κ2) is 8.25. The molecule has 2 aromatic heterocycles. The normalized spacial score (nSPS) is 14.4. The van der Waals surface area contributed by atoms with Crippen molar-refractivity contribution in [2.75, 3.05) is 41.3 Å². The Kier molecular flexibility index (Phi) is 5.37. The summed E-state index contributed by atoms with van der Waals surface area (Å²) in [6.07, 6.45) is 1.85. The maximum atomic E-state index is 4.87. The van der Waals surface area contributed by atoms with Crippen LogP contribution in [0.15, 0.2) is 60.8 Å². The second-order valence-electron chi connectivity index (χ2n) is 7.26. The predicted octanol–water partition coefficient (Wildman–Crippen LogP) is 3.69. The minimum Gasteiger partial charge on any atom is -0.368 e. The lowest BCUT2D eigenvalue weighted by Gasteiger charge is -2.36. The van der Waals surface area contributed by atoms with Gasteiger partial charge in [0.25, 0.3) is 0 Å². The molecule has 6 heteroatoms. The Bertz CT molecular complexity index is 889. The molecule has 0 atom stereocenters. The molecule has 1 fully saturated rings. The number of anilines is 3. The van der Waals surface area contributed by atoms with E-state index in [1.54, 1.807) is 0 Å². The summed E-state index contributed by atoms with van der Waals surface area (Å²) in [4.78, 5) is 18.7. The van der Waals surface area contributed by atoms with E-state index in [2.05, 4.69) is 58.2 Å². The highest BCUT2D eigenvalue weighted by atomic mass is 15.3. The van der Waals surface area contributed by atoms with E-state index in [-0.39, 0.29) is 0 Å². The molecule has 0 spiro atoms. The third kappa shape index (κ3) is 4.22. The van der Waals surface area contributed by atoms with Gasteiger partial charge < -0.3 is 15.1 Å². The van der Waals surface area contributed by atoms with Crippen LogP contribution < -0.4 is 15.1 Å². The van der Waals surface area contributed by atoms with Gasteiger partial charge >= 0.3 is 0 Å². The summed E-state index contributed by atoms with van der Waals surface area (Å²) in [5.41, 5.74) is 1.03. The van der Waals surface area contributed by atoms with E-state index < -0.39 is 0 Å². The van der Waals surface area contributed by atoms with Crippen molar-refractivity contribution in [1.29, 1.82) is 0 Å². The van der Waals surface area contributed by atoms with Gasteiger partial charge in [-0.3, -0.25) is 0 Å². The Hall–Kier alpha value is -3.15. The van der Waals surface area contributed by atoms with Crippen molar-refractivity contribution >= 4 is 17.5 Å². The molecule has 1 saturated heterocycles. The summed E-state index contributed by atoms with van der Waals surface area (Å²) in [5.74, 6) is 3.63. The zero-order valence-electron chi connectivity index (χ0n) is 16.4. The molecule has 0 saturated carbocycles. The van der Waals surface area contributed by atoms with Crippen LogP contribution in [0.5, 0.6) is 0 Å². The second-order valence-corrected chi connectivity index (χ2v) is 7.26. The van der Waals surface area contributed by atoms with Crippen LogP contribution in [0.2, 0.25) is 0 Å². The maximum absolute atomic E-state index is 4.87. The first-order valence-corrected chi connectivity index (χ1v) is 9.81. The Balaban J connectivity index is 1.57. The molecule has 6 nitrogen and oxygen atoms in total. The molecule has 4 rings (SSSR count). The molecule has 3 heterocycles.